The number of benzene rings is 1. The topological polar surface area (TPSA) is 63.5 Å². The second-order valence-electron chi connectivity index (χ2n) is 4.68. The highest BCUT2D eigenvalue weighted by atomic mass is 79.9. The third-order valence-electron chi connectivity index (χ3n) is 2.86. The lowest BCUT2D eigenvalue weighted by molar-refractivity contribution is -0.387. The van der Waals surface area contributed by atoms with Crippen LogP contribution < -0.4 is 0 Å². The number of halogens is 3. The molecule has 0 spiro atoms. The zero-order valence-corrected chi connectivity index (χ0v) is 13.2. The van der Waals surface area contributed by atoms with Gasteiger partial charge in [0.2, 0.25) is 5.82 Å². The molecular weight excluding hydrogens is 350 g/mol. The summed E-state index contributed by atoms with van der Waals surface area (Å²) in [7, 11) is 0. The van der Waals surface area contributed by atoms with Crippen molar-refractivity contribution in [1.82, 2.24) is 4.90 Å². The van der Waals surface area contributed by atoms with E-state index >= 15 is 0 Å². The number of hydrogen-bond donors (Lipinski definition) is 0. The Labute approximate surface area is 129 Å². The van der Waals surface area contributed by atoms with Crippen molar-refractivity contribution in [2.75, 3.05) is 11.9 Å². The van der Waals surface area contributed by atoms with Crippen LogP contribution in [0.3, 0.4) is 0 Å². The number of rotatable bonds is 6. The molecule has 8 heteroatoms. The lowest BCUT2D eigenvalue weighted by Crippen LogP contribution is -2.38. The molecule has 0 saturated carbocycles. The van der Waals surface area contributed by atoms with E-state index in [9.17, 15) is 23.7 Å². The van der Waals surface area contributed by atoms with Crippen molar-refractivity contribution in [3.8, 4) is 0 Å². The Morgan fingerprint density at radius 3 is 2.52 bits per heavy atom. The van der Waals surface area contributed by atoms with Crippen LogP contribution >= 0.6 is 15.9 Å². The number of nitro groups is 1. The summed E-state index contributed by atoms with van der Waals surface area (Å²) < 4.78 is 27.4. The Hall–Kier alpha value is -1.57. The molecule has 0 atom stereocenters. The van der Waals surface area contributed by atoms with Gasteiger partial charge in [-0.2, -0.15) is 4.39 Å². The van der Waals surface area contributed by atoms with E-state index in [1.807, 2.05) is 0 Å². The molecule has 0 bridgehead atoms. The minimum Gasteiger partial charge on any atom is -0.336 e. The maximum atomic E-state index is 14.0. The lowest BCUT2D eigenvalue weighted by atomic mass is 10.1. The monoisotopic (exact) mass is 364 g/mol. The van der Waals surface area contributed by atoms with Crippen LogP contribution in [0.1, 0.15) is 30.6 Å². The fourth-order valence-electron chi connectivity index (χ4n) is 1.84. The number of nitro benzene ring substituents is 1. The number of carbonyl (C=O) groups is 1. The van der Waals surface area contributed by atoms with Crippen LogP contribution in [0.25, 0.3) is 0 Å². The molecule has 5 nitrogen and oxygen atoms in total. The molecule has 0 aliphatic rings. The van der Waals surface area contributed by atoms with Crippen LogP contribution in [-0.4, -0.2) is 33.6 Å². The summed E-state index contributed by atoms with van der Waals surface area (Å²) in [6, 6.07) is 0.914. The van der Waals surface area contributed by atoms with Crippen LogP contribution in [0.2, 0.25) is 0 Å². The summed E-state index contributed by atoms with van der Waals surface area (Å²) in [4.78, 5) is 23.3. The summed E-state index contributed by atoms with van der Waals surface area (Å²) in [5.41, 5.74) is -1.66. The molecule has 0 saturated heterocycles. The van der Waals surface area contributed by atoms with Crippen LogP contribution in [0, 0.1) is 21.7 Å². The maximum Gasteiger partial charge on any atom is 0.308 e. The Kier molecular flexibility index (Phi) is 6.19. The predicted octanol–water partition coefficient (Wildman–Crippen LogP) is 3.51. The zero-order valence-electron chi connectivity index (χ0n) is 11.6. The molecular formula is C13H15BrF2N2O3. The summed E-state index contributed by atoms with van der Waals surface area (Å²) in [6.07, 6.45) is 0.628. The second-order valence-corrected chi connectivity index (χ2v) is 5.47. The average molecular weight is 365 g/mol. The summed E-state index contributed by atoms with van der Waals surface area (Å²) in [5, 5.41) is 11.3. The Balaban J connectivity index is 3.24. The molecule has 1 aromatic carbocycles. The van der Waals surface area contributed by atoms with E-state index in [4.69, 9.17) is 0 Å². The third kappa shape index (κ3) is 4.20. The Bertz CT molecular complexity index is 552. The van der Waals surface area contributed by atoms with Crippen LogP contribution in [-0.2, 0) is 0 Å². The van der Waals surface area contributed by atoms with Gasteiger partial charge in [0, 0.05) is 17.9 Å². The van der Waals surface area contributed by atoms with Crippen molar-refractivity contribution in [1.29, 1.82) is 0 Å². The molecule has 0 fully saturated rings. The van der Waals surface area contributed by atoms with Crippen molar-refractivity contribution < 1.29 is 18.5 Å². The van der Waals surface area contributed by atoms with Crippen molar-refractivity contribution in [2.45, 2.75) is 26.3 Å². The normalized spacial score (nSPS) is 10.8. The molecule has 1 aromatic rings. The molecule has 0 N–H and O–H groups in total. The van der Waals surface area contributed by atoms with Gasteiger partial charge in [0.1, 0.15) is 5.82 Å². The van der Waals surface area contributed by atoms with Crippen LogP contribution in [0.5, 0.6) is 0 Å². The predicted molar refractivity (Wildman–Crippen MR) is 77.6 cm³/mol. The first-order valence-electron chi connectivity index (χ1n) is 6.30. The molecule has 116 valence electrons. The van der Waals surface area contributed by atoms with Gasteiger partial charge in [-0.25, -0.2) is 4.39 Å². The van der Waals surface area contributed by atoms with Crippen molar-refractivity contribution in [3.63, 3.8) is 0 Å². The number of carbonyl (C=O) groups excluding carboxylic acids is 1. The largest absolute Gasteiger partial charge is 0.336 e. The highest BCUT2D eigenvalue weighted by Crippen LogP contribution is 2.24. The maximum absolute atomic E-state index is 14.0. The fraction of sp³-hybridized carbons (Fsp3) is 0.462. The summed E-state index contributed by atoms with van der Waals surface area (Å²) in [6.45, 7) is 3.81. The number of alkyl halides is 1. The van der Waals surface area contributed by atoms with E-state index in [0.717, 1.165) is 0 Å². The quantitative estimate of drug-likeness (QED) is 0.440. The minimum absolute atomic E-state index is 0.238. The second kappa shape index (κ2) is 7.44. The van der Waals surface area contributed by atoms with E-state index in [0.29, 0.717) is 30.4 Å². The van der Waals surface area contributed by atoms with Gasteiger partial charge in [-0.1, -0.05) is 15.9 Å². The number of nitrogens with zero attached hydrogens (tertiary/aromatic N) is 2. The first-order chi connectivity index (χ1) is 9.79. The summed E-state index contributed by atoms with van der Waals surface area (Å²) >= 11 is 3.23. The van der Waals surface area contributed by atoms with Crippen LogP contribution in [0.4, 0.5) is 14.5 Å². The first kappa shape index (κ1) is 17.5. The van der Waals surface area contributed by atoms with Gasteiger partial charge in [-0.3, -0.25) is 14.9 Å². The van der Waals surface area contributed by atoms with Crippen molar-refractivity contribution >= 4 is 27.5 Å². The highest BCUT2D eigenvalue weighted by molar-refractivity contribution is 9.09. The molecule has 0 aromatic heterocycles. The van der Waals surface area contributed by atoms with Gasteiger partial charge < -0.3 is 4.90 Å². The SMILES string of the molecule is CC(C)N(CCCBr)C(=O)c1cc(F)cc([N+](=O)[O-])c1F. The molecule has 1 rings (SSSR count). The number of hydrogen-bond acceptors (Lipinski definition) is 3. The van der Waals surface area contributed by atoms with Gasteiger partial charge >= 0.3 is 5.69 Å². The van der Waals surface area contributed by atoms with Crippen LogP contribution in [0.15, 0.2) is 12.1 Å². The van der Waals surface area contributed by atoms with Gasteiger partial charge in [-0.15, -0.1) is 0 Å². The molecule has 0 aliphatic heterocycles. The van der Waals surface area contributed by atoms with Gasteiger partial charge in [0.05, 0.1) is 16.6 Å². The smallest absolute Gasteiger partial charge is 0.308 e. The summed E-state index contributed by atoms with van der Waals surface area (Å²) in [5.74, 6) is -3.09. The van der Waals surface area contributed by atoms with E-state index in [1.54, 1.807) is 13.8 Å². The highest BCUT2D eigenvalue weighted by Gasteiger charge is 2.28. The van der Waals surface area contributed by atoms with E-state index in [2.05, 4.69) is 15.9 Å². The van der Waals surface area contributed by atoms with Gasteiger partial charge in [-0.05, 0) is 26.3 Å². The minimum atomic E-state index is -1.31. The Morgan fingerprint density at radius 2 is 2.05 bits per heavy atom. The molecule has 0 radical (unpaired) electrons. The third-order valence-corrected chi connectivity index (χ3v) is 3.42. The van der Waals surface area contributed by atoms with E-state index < -0.39 is 33.7 Å². The lowest BCUT2D eigenvalue weighted by Gasteiger charge is -2.26. The van der Waals surface area contributed by atoms with E-state index in [1.165, 1.54) is 4.90 Å². The first-order valence-corrected chi connectivity index (χ1v) is 7.42. The number of amides is 1. The van der Waals surface area contributed by atoms with Crippen molar-refractivity contribution in [2.24, 2.45) is 0 Å². The zero-order chi connectivity index (χ0) is 16.2. The van der Waals surface area contributed by atoms with Crippen molar-refractivity contribution in [3.05, 3.63) is 39.4 Å². The fourth-order valence-corrected chi connectivity index (χ4v) is 2.09. The molecule has 0 unspecified atom stereocenters. The standard InChI is InChI=1S/C13H15BrF2N2O3/c1-8(2)17(5-3-4-14)13(19)10-6-9(15)7-11(12(10)16)18(20)21/h6-8H,3-5H2,1-2H3. The van der Waals surface area contributed by atoms with E-state index in [-0.39, 0.29) is 6.04 Å². The molecule has 0 heterocycles. The van der Waals surface area contributed by atoms with Gasteiger partial charge in [0.15, 0.2) is 0 Å². The Morgan fingerprint density at radius 1 is 1.43 bits per heavy atom. The average Bonchev–Trinajstić information content (AvgIpc) is 2.40. The molecule has 21 heavy (non-hydrogen) atoms. The molecule has 0 aliphatic carbocycles. The van der Waals surface area contributed by atoms with Gasteiger partial charge in [0.25, 0.3) is 5.91 Å². The molecule has 1 amide bonds.